The monoisotopic (exact) mass is 367 g/mol. The van der Waals surface area contributed by atoms with Gasteiger partial charge in [-0.05, 0) is 27.2 Å². The SMILES string of the molecule is C#C[C@]1(O)CCC(F)(F)c2c3c(nn2C1)CCN(C(=O)OC(C)(C)C)C3. The molecule has 26 heavy (non-hydrogen) atoms. The smallest absolute Gasteiger partial charge is 0.410 e. The van der Waals surface area contributed by atoms with Gasteiger partial charge in [-0.15, -0.1) is 6.42 Å². The van der Waals surface area contributed by atoms with Gasteiger partial charge in [0.2, 0.25) is 0 Å². The zero-order valence-corrected chi connectivity index (χ0v) is 15.2. The summed E-state index contributed by atoms with van der Waals surface area (Å²) in [5.41, 5.74) is -1.74. The Balaban J connectivity index is 1.95. The first-order valence-corrected chi connectivity index (χ1v) is 8.59. The van der Waals surface area contributed by atoms with Crippen molar-refractivity contribution in [3.05, 3.63) is 17.0 Å². The lowest BCUT2D eigenvalue weighted by molar-refractivity contribution is -0.0305. The molecule has 0 unspecified atom stereocenters. The van der Waals surface area contributed by atoms with E-state index in [1.54, 1.807) is 20.8 Å². The Hall–Kier alpha value is -2.14. The Labute approximate surface area is 151 Å². The number of hydrogen-bond donors (Lipinski definition) is 1. The summed E-state index contributed by atoms with van der Waals surface area (Å²) >= 11 is 0. The van der Waals surface area contributed by atoms with Crippen LogP contribution in [0.15, 0.2) is 0 Å². The van der Waals surface area contributed by atoms with Crippen LogP contribution in [0.2, 0.25) is 0 Å². The third-order valence-corrected chi connectivity index (χ3v) is 4.63. The van der Waals surface area contributed by atoms with Crippen LogP contribution >= 0.6 is 0 Å². The number of aromatic nitrogens is 2. The maximum absolute atomic E-state index is 14.8. The molecular weight excluding hydrogens is 344 g/mol. The second-order valence-electron chi connectivity index (χ2n) is 7.96. The van der Waals surface area contributed by atoms with Crippen LogP contribution in [0.1, 0.15) is 50.6 Å². The normalized spacial score (nSPS) is 24.9. The minimum absolute atomic E-state index is 0.00362. The van der Waals surface area contributed by atoms with Gasteiger partial charge < -0.3 is 14.7 Å². The van der Waals surface area contributed by atoms with E-state index in [-0.39, 0.29) is 25.2 Å². The molecule has 0 saturated carbocycles. The van der Waals surface area contributed by atoms with Crippen LogP contribution in [0.5, 0.6) is 0 Å². The molecule has 0 aliphatic carbocycles. The molecule has 3 rings (SSSR count). The molecule has 0 saturated heterocycles. The van der Waals surface area contributed by atoms with Gasteiger partial charge in [-0.2, -0.15) is 13.9 Å². The molecule has 8 heteroatoms. The fourth-order valence-corrected chi connectivity index (χ4v) is 3.36. The van der Waals surface area contributed by atoms with Crippen LogP contribution in [0.25, 0.3) is 0 Å². The van der Waals surface area contributed by atoms with Crippen molar-refractivity contribution in [3.63, 3.8) is 0 Å². The molecular formula is C18H23F2N3O3. The summed E-state index contributed by atoms with van der Waals surface area (Å²) in [6, 6.07) is 0. The van der Waals surface area contributed by atoms with Gasteiger partial charge in [0, 0.05) is 24.9 Å². The van der Waals surface area contributed by atoms with Crippen molar-refractivity contribution in [2.24, 2.45) is 0 Å². The lowest BCUT2D eigenvalue weighted by Crippen LogP contribution is -2.40. The summed E-state index contributed by atoms with van der Waals surface area (Å²) in [5, 5.41) is 14.6. The standard InChI is InChI=1S/C18H23F2N3O3/c1-5-17(25)7-8-18(19,20)14-12-10-22(15(24)26-16(2,3)4)9-6-13(12)21-23(14)11-17/h1,25H,6-11H2,2-4H3/t17-/m0/s1. The zero-order valence-electron chi connectivity index (χ0n) is 15.2. The van der Waals surface area contributed by atoms with E-state index in [0.29, 0.717) is 24.2 Å². The molecule has 1 aromatic rings. The number of hydrogen-bond acceptors (Lipinski definition) is 4. The van der Waals surface area contributed by atoms with E-state index >= 15 is 0 Å². The molecule has 1 atom stereocenters. The number of nitrogens with zero attached hydrogens (tertiary/aromatic N) is 3. The summed E-state index contributed by atoms with van der Waals surface area (Å²) < 4.78 is 36.0. The van der Waals surface area contributed by atoms with E-state index in [0.717, 1.165) is 4.68 Å². The molecule has 0 aromatic carbocycles. The second-order valence-corrected chi connectivity index (χ2v) is 7.96. The highest BCUT2D eigenvalue weighted by Crippen LogP contribution is 2.42. The Bertz CT molecular complexity index is 776. The Morgan fingerprint density at radius 2 is 2.08 bits per heavy atom. The van der Waals surface area contributed by atoms with Gasteiger partial charge in [0.1, 0.15) is 16.9 Å². The first kappa shape index (κ1) is 18.6. The van der Waals surface area contributed by atoms with Gasteiger partial charge in [0.15, 0.2) is 0 Å². The topological polar surface area (TPSA) is 67.6 Å². The molecule has 1 N–H and O–H groups in total. The molecule has 0 fully saturated rings. The van der Waals surface area contributed by atoms with E-state index in [1.165, 1.54) is 4.90 Å². The van der Waals surface area contributed by atoms with E-state index < -0.39 is 29.6 Å². The largest absolute Gasteiger partial charge is 0.444 e. The second kappa shape index (κ2) is 5.95. The van der Waals surface area contributed by atoms with Gasteiger partial charge in [0.05, 0.1) is 18.8 Å². The molecule has 3 heterocycles. The summed E-state index contributed by atoms with van der Waals surface area (Å²) in [7, 11) is 0. The van der Waals surface area contributed by atoms with Gasteiger partial charge >= 0.3 is 6.09 Å². The molecule has 142 valence electrons. The number of ether oxygens (including phenoxy) is 1. The Kier molecular flexibility index (Phi) is 4.26. The summed E-state index contributed by atoms with van der Waals surface area (Å²) in [5.74, 6) is -0.973. The molecule has 0 radical (unpaired) electrons. The molecule has 6 nitrogen and oxygen atoms in total. The number of amides is 1. The minimum atomic E-state index is -3.18. The average molecular weight is 367 g/mol. The van der Waals surface area contributed by atoms with Gasteiger partial charge in [0.25, 0.3) is 5.92 Å². The van der Waals surface area contributed by atoms with Gasteiger partial charge in [-0.1, -0.05) is 5.92 Å². The van der Waals surface area contributed by atoms with Crippen LogP contribution in [0, 0.1) is 12.3 Å². The minimum Gasteiger partial charge on any atom is -0.444 e. The van der Waals surface area contributed by atoms with E-state index in [1.807, 2.05) is 0 Å². The number of rotatable bonds is 0. The van der Waals surface area contributed by atoms with E-state index in [2.05, 4.69) is 11.0 Å². The van der Waals surface area contributed by atoms with Crippen molar-refractivity contribution in [3.8, 4) is 12.3 Å². The molecule has 2 aliphatic heterocycles. The Morgan fingerprint density at radius 1 is 1.38 bits per heavy atom. The van der Waals surface area contributed by atoms with Crippen LogP contribution in [-0.4, -0.2) is 43.6 Å². The maximum atomic E-state index is 14.8. The van der Waals surface area contributed by atoms with Crippen molar-refractivity contribution in [2.45, 2.75) is 70.2 Å². The zero-order chi connectivity index (χ0) is 19.3. The highest BCUT2D eigenvalue weighted by Gasteiger charge is 2.47. The van der Waals surface area contributed by atoms with Crippen LogP contribution in [0.4, 0.5) is 13.6 Å². The number of halogens is 2. The van der Waals surface area contributed by atoms with Crippen molar-refractivity contribution in [2.75, 3.05) is 6.54 Å². The molecule has 0 bridgehead atoms. The number of carbonyl (C=O) groups is 1. The molecule has 1 amide bonds. The van der Waals surface area contributed by atoms with Gasteiger partial charge in [-0.3, -0.25) is 4.68 Å². The number of aliphatic hydroxyl groups is 1. The maximum Gasteiger partial charge on any atom is 0.410 e. The number of fused-ring (bicyclic) bond motifs is 3. The number of terminal acetylenes is 1. The molecule has 1 aromatic heterocycles. The predicted molar refractivity (Wildman–Crippen MR) is 89.5 cm³/mol. The first-order chi connectivity index (χ1) is 11.9. The van der Waals surface area contributed by atoms with Crippen molar-refractivity contribution in [1.29, 1.82) is 0 Å². The fourth-order valence-electron chi connectivity index (χ4n) is 3.36. The van der Waals surface area contributed by atoms with Crippen molar-refractivity contribution >= 4 is 6.09 Å². The van der Waals surface area contributed by atoms with Crippen molar-refractivity contribution in [1.82, 2.24) is 14.7 Å². The van der Waals surface area contributed by atoms with Crippen molar-refractivity contribution < 1.29 is 23.4 Å². The Morgan fingerprint density at radius 3 is 2.69 bits per heavy atom. The quantitative estimate of drug-likeness (QED) is 0.715. The molecule has 2 aliphatic rings. The summed E-state index contributed by atoms with van der Waals surface area (Å²) in [4.78, 5) is 13.7. The number of alkyl halides is 2. The van der Waals surface area contributed by atoms with Crippen LogP contribution in [-0.2, 0) is 30.2 Å². The highest BCUT2D eigenvalue weighted by molar-refractivity contribution is 5.68. The van der Waals surface area contributed by atoms with Crippen LogP contribution < -0.4 is 0 Å². The fraction of sp³-hybridized carbons (Fsp3) is 0.667. The lowest BCUT2D eigenvalue weighted by Gasteiger charge is -2.30. The summed E-state index contributed by atoms with van der Waals surface area (Å²) in [6.07, 6.45) is 4.36. The predicted octanol–water partition coefficient (Wildman–Crippen LogP) is 2.43. The van der Waals surface area contributed by atoms with Gasteiger partial charge in [-0.25, -0.2) is 4.79 Å². The van der Waals surface area contributed by atoms with E-state index in [4.69, 9.17) is 11.2 Å². The third-order valence-electron chi connectivity index (χ3n) is 4.63. The molecule has 0 spiro atoms. The average Bonchev–Trinajstić information content (AvgIpc) is 2.84. The third kappa shape index (κ3) is 3.40. The lowest BCUT2D eigenvalue weighted by atomic mass is 9.96. The van der Waals surface area contributed by atoms with Crippen LogP contribution in [0.3, 0.4) is 0 Å². The number of carbonyl (C=O) groups excluding carboxylic acids is 1. The highest BCUT2D eigenvalue weighted by atomic mass is 19.3. The van der Waals surface area contributed by atoms with E-state index in [9.17, 15) is 18.7 Å². The first-order valence-electron chi connectivity index (χ1n) is 8.59. The summed E-state index contributed by atoms with van der Waals surface area (Å²) in [6.45, 7) is 5.41.